The Hall–Kier alpha value is -1.02. The van der Waals surface area contributed by atoms with Gasteiger partial charge < -0.3 is 10.1 Å². The fourth-order valence-corrected chi connectivity index (χ4v) is 3.66. The molecule has 19 heavy (non-hydrogen) atoms. The molecule has 0 spiro atoms. The van der Waals surface area contributed by atoms with E-state index in [1.807, 2.05) is 0 Å². The molecule has 0 amide bonds. The quantitative estimate of drug-likeness (QED) is 0.896. The van der Waals surface area contributed by atoms with Crippen molar-refractivity contribution >= 4 is 0 Å². The average molecular weight is 259 g/mol. The first kappa shape index (κ1) is 13.0. The maximum atomic E-state index is 5.75. The normalized spacial score (nSPS) is 33.8. The summed E-state index contributed by atoms with van der Waals surface area (Å²) in [5, 5.41) is 3.79. The van der Waals surface area contributed by atoms with Gasteiger partial charge >= 0.3 is 0 Å². The largest absolute Gasteiger partial charge is 0.493 e. The number of nitrogens with one attached hydrogen (secondary N) is 1. The van der Waals surface area contributed by atoms with Gasteiger partial charge in [-0.3, -0.25) is 0 Å². The van der Waals surface area contributed by atoms with Crippen LogP contribution in [0.2, 0.25) is 0 Å². The predicted molar refractivity (Wildman–Crippen MR) is 78.6 cm³/mol. The van der Waals surface area contributed by atoms with E-state index in [4.69, 9.17) is 4.74 Å². The van der Waals surface area contributed by atoms with Crippen molar-refractivity contribution in [2.75, 3.05) is 13.2 Å². The third-order valence-corrected chi connectivity index (χ3v) is 4.86. The topological polar surface area (TPSA) is 21.3 Å². The first-order valence-corrected chi connectivity index (χ1v) is 7.69. The molecule has 1 aliphatic heterocycles. The third-order valence-electron chi connectivity index (χ3n) is 4.86. The second-order valence-electron chi connectivity index (χ2n) is 6.46. The van der Waals surface area contributed by atoms with Crippen molar-refractivity contribution in [2.24, 2.45) is 11.8 Å². The molecule has 4 unspecified atom stereocenters. The highest BCUT2D eigenvalue weighted by Crippen LogP contribution is 2.34. The molecular formula is C17H25NO. The predicted octanol–water partition coefficient (Wildman–Crippen LogP) is 3.58. The Balaban J connectivity index is 1.56. The van der Waals surface area contributed by atoms with Crippen LogP contribution in [0.3, 0.4) is 0 Å². The molecule has 1 heterocycles. The van der Waals surface area contributed by atoms with E-state index >= 15 is 0 Å². The smallest absolute Gasteiger partial charge is 0.122 e. The van der Waals surface area contributed by atoms with Crippen LogP contribution in [0.4, 0.5) is 0 Å². The molecule has 0 saturated heterocycles. The third kappa shape index (κ3) is 2.79. The summed E-state index contributed by atoms with van der Waals surface area (Å²) in [6.07, 6.45) is 4.08. The summed E-state index contributed by atoms with van der Waals surface area (Å²) in [5.41, 5.74) is 1.38. The lowest BCUT2D eigenvalue weighted by Gasteiger charge is -2.34. The van der Waals surface area contributed by atoms with E-state index in [0.29, 0.717) is 12.0 Å². The van der Waals surface area contributed by atoms with E-state index in [2.05, 4.69) is 43.4 Å². The molecule has 1 aromatic carbocycles. The first-order chi connectivity index (χ1) is 9.24. The molecule has 2 heteroatoms. The van der Waals surface area contributed by atoms with Crippen LogP contribution in [-0.2, 0) is 0 Å². The van der Waals surface area contributed by atoms with E-state index in [0.717, 1.165) is 30.7 Å². The van der Waals surface area contributed by atoms with Crippen molar-refractivity contribution in [3.8, 4) is 5.75 Å². The van der Waals surface area contributed by atoms with Crippen molar-refractivity contribution in [3.63, 3.8) is 0 Å². The number of hydrogen-bond acceptors (Lipinski definition) is 2. The molecule has 104 valence electrons. The summed E-state index contributed by atoms with van der Waals surface area (Å²) in [6, 6.07) is 9.16. The fraction of sp³-hybridized carbons (Fsp3) is 0.647. The zero-order valence-corrected chi connectivity index (χ0v) is 12.1. The molecule has 0 radical (unpaired) electrons. The van der Waals surface area contributed by atoms with E-state index in [-0.39, 0.29) is 0 Å². The Morgan fingerprint density at radius 2 is 2.05 bits per heavy atom. The van der Waals surface area contributed by atoms with Crippen LogP contribution in [-0.4, -0.2) is 19.2 Å². The zero-order valence-electron chi connectivity index (χ0n) is 12.1. The number of ether oxygens (including phenoxy) is 1. The van der Waals surface area contributed by atoms with Crippen molar-refractivity contribution in [3.05, 3.63) is 29.8 Å². The molecule has 1 saturated carbocycles. The zero-order chi connectivity index (χ0) is 13.2. The first-order valence-electron chi connectivity index (χ1n) is 7.69. The minimum Gasteiger partial charge on any atom is -0.493 e. The van der Waals surface area contributed by atoms with Crippen LogP contribution in [0.15, 0.2) is 24.3 Å². The van der Waals surface area contributed by atoms with Crippen molar-refractivity contribution in [2.45, 2.75) is 45.1 Å². The summed E-state index contributed by atoms with van der Waals surface area (Å²) in [5.74, 6) is 3.33. The lowest BCUT2D eigenvalue weighted by molar-refractivity contribution is 0.222. The van der Waals surface area contributed by atoms with Gasteiger partial charge in [0.2, 0.25) is 0 Å². The molecule has 4 atom stereocenters. The maximum Gasteiger partial charge on any atom is 0.122 e. The minimum absolute atomic E-state index is 0.530. The van der Waals surface area contributed by atoms with E-state index in [1.165, 1.54) is 24.8 Å². The highest BCUT2D eigenvalue weighted by molar-refractivity contribution is 5.39. The highest BCUT2D eigenvalue weighted by atomic mass is 16.5. The lowest BCUT2D eigenvalue weighted by Crippen LogP contribution is -2.41. The van der Waals surface area contributed by atoms with Gasteiger partial charge in [0.1, 0.15) is 5.75 Å². The molecule has 1 N–H and O–H groups in total. The second-order valence-corrected chi connectivity index (χ2v) is 6.46. The molecule has 1 aromatic rings. The van der Waals surface area contributed by atoms with Crippen molar-refractivity contribution in [1.29, 1.82) is 0 Å². The van der Waals surface area contributed by atoms with Gasteiger partial charge in [0.25, 0.3) is 0 Å². The summed E-state index contributed by atoms with van der Waals surface area (Å²) >= 11 is 0. The number of hydrogen-bond donors (Lipinski definition) is 1. The van der Waals surface area contributed by atoms with Gasteiger partial charge in [-0.1, -0.05) is 32.0 Å². The van der Waals surface area contributed by atoms with Gasteiger partial charge in [-0.15, -0.1) is 0 Å². The van der Waals surface area contributed by atoms with Crippen LogP contribution < -0.4 is 10.1 Å². The van der Waals surface area contributed by atoms with Gasteiger partial charge in [-0.25, -0.2) is 0 Å². The number of rotatable bonds is 3. The molecular weight excluding hydrogens is 234 g/mol. The average Bonchev–Trinajstić information content (AvgIpc) is 2.81. The Labute approximate surface area is 116 Å². The van der Waals surface area contributed by atoms with Crippen LogP contribution in [0.5, 0.6) is 5.75 Å². The summed E-state index contributed by atoms with van der Waals surface area (Å²) in [7, 11) is 0. The van der Waals surface area contributed by atoms with E-state index in [1.54, 1.807) is 0 Å². The van der Waals surface area contributed by atoms with Crippen LogP contribution in [0, 0.1) is 11.8 Å². The van der Waals surface area contributed by atoms with Gasteiger partial charge in [-0.2, -0.15) is 0 Å². The summed E-state index contributed by atoms with van der Waals surface area (Å²) in [4.78, 5) is 0. The van der Waals surface area contributed by atoms with Gasteiger partial charge in [0.05, 0.1) is 6.61 Å². The second kappa shape index (κ2) is 5.54. The molecule has 2 aliphatic rings. The standard InChI is InChI=1S/C17H25NO/c1-12-7-8-16(13(2)9-12)18-10-14-11-19-17-6-4-3-5-15(14)17/h3-6,12-14,16,18H,7-11H2,1-2H3. The summed E-state index contributed by atoms with van der Waals surface area (Å²) in [6.45, 7) is 6.67. The van der Waals surface area contributed by atoms with Crippen LogP contribution in [0.25, 0.3) is 0 Å². The van der Waals surface area contributed by atoms with Crippen LogP contribution >= 0.6 is 0 Å². The highest BCUT2D eigenvalue weighted by Gasteiger charge is 2.28. The van der Waals surface area contributed by atoms with Crippen LogP contribution in [0.1, 0.15) is 44.6 Å². The Bertz CT molecular complexity index is 431. The molecule has 0 aromatic heterocycles. The Morgan fingerprint density at radius 3 is 2.89 bits per heavy atom. The molecule has 1 aliphatic carbocycles. The molecule has 2 nitrogen and oxygen atoms in total. The van der Waals surface area contributed by atoms with Crippen molar-refractivity contribution in [1.82, 2.24) is 5.32 Å². The fourth-order valence-electron chi connectivity index (χ4n) is 3.66. The Kier molecular flexibility index (Phi) is 3.79. The van der Waals surface area contributed by atoms with E-state index in [9.17, 15) is 0 Å². The lowest BCUT2D eigenvalue weighted by atomic mass is 9.79. The SMILES string of the molecule is CC1CCC(NCC2COc3ccccc32)C(C)C1. The van der Waals surface area contributed by atoms with E-state index < -0.39 is 0 Å². The molecule has 0 bridgehead atoms. The summed E-state index contributed by atoms with van der Waals surface area (Å²) < 4.78 is 5.75. The maximum absolute atomic E-state index is 5.75. The number of fused-ring (bicyclic) bond motifs is 1. The number of benzene rings is 1. The monoisotopic (exact) mass is 259 g/mol. The molecule has 1 fully saturated rings. The van der Waals surface area contributed by atoms with Gasteiger partial charge in [0, 0.05) is 24.1 Å². The molecule has 3 rings (SSSR count). The van der Waals surface area contributed by atoms with Gasteiger partial charge in [-0.05, 0) is 37.2 Å². The Morgan fingerprint density at radius 1 is 1.21 bits per heavy atom. The number of para-hydroxylation sites is 1. The van der Waals surface area contributed by atoms with Crippen molar-refractivity contribution < 1.29 is 4.74 Å². The minimum atomic E-state index is 0.530. The van der Waals surface area contributed by atoms with Gasteiger partial charge in [0.15, 0.2) is 0 Å².